The van der Waals surface area contributed by atoms with Gasteiger partial charge in [0.05, 0.1) is 0 Å². The highest BCUT2D eigenvalue weighted by molar-refractivity contribution is 8.11. The molecule has 0 aliphatic heterocycles. The van der Waals surface area contributed by atoms with Crippen molar-refractivity contribution in [2.24, 2.45) is 0 Å². The second kappa shape index (κ2) is 13.6. The second-order valence-corrected chi connectivity index (χ2v) is 9.27. The molecule has 0 radical (unpaired) electrons. The van der Waals surface area contributed by atoms with E-state index in [1.807, 2.05) is 37.3 Å². The van der Waals surface area contributed by atoms with Crippen molar-refractivity contribution in [1.82, 2.24) is 0 Å². The number of aryl methyl sites for hydroxylation is 4. The van der Waals surface area contributed by atoms with Crippen LogP contribution in [-0.2, 0) is 0 Å². The van der Waals surface area contributed by atoms with E-state index in [2.05, 4.69) is 90.6 Å². The standard InChI is InChI=1S/C14H18S.C8H11N.C7H8/c1-10(2)12(4)15-13(5)14-8-6-7-11(3)9-14;1-6-3-4-8(9)7(2)5-6;1-7-5-3-2-4-6-7/h6-9H,5H2,1-4H3;3-5H,9H2,1-2H3;2-6H,1H3. The van der Waals surface area contributed by atoms with Gasteiger partial charge in [-0.05, 0) is 70.6 Å². The average molecular weight is 432 g/mol. The molecule has 0 aromatic heterocycles. The first-order valence-electron chi connectivity index (χ1n) is 10.5. The summed E-state index contributed by atoms with van der Waals surface area (Å²) in [5, 5.41) is 0. The smallest absolute Gasteiger partial charge is 0.0343 e. The van der Waals surface area contributed by atoms with Crippen LogP contribution in [0.15, 0.2) is 89.9 Å². The Morgan fingerprint density at radius 3 is 1.74 bits per heavy atom. The van der Waals surface area contributed by atoms with Crippen LogP contribution in [0.3, 0.4) is 0 Å². The first-order chi connectivity index (χ1) is 14.6. The number of allylic oxidation sites excluding steroid dienone is 2. The van der Waals surface area contributed by atoms with Gasteiger partial charge in [-0.15, -0.1) is 0 Å². The lowest BCUT2D eigenvalue weighted by molar-refractivity contribution is 1.35. The molecule has 0 aliphatic rings. The molecule has 3 aromatic carbocycles. The first-order valence-corrected chi connectivity index (χ1v) is 11.3. The molecule has 1 nitrogen and oxygen atoms in total. The number of hydrogen-bond donors (Lipinski definition) is 1. The highest BCUT2D eigenvalue weighted by atomic mass is 32.2. The van der Waals surface area contributed by atoms with Crippen molar-refractivity contribution in [3.8, 4) is 0 Å². The van der Waals surface area contributed by atoms with E-state index in [0.717, 1.165) is 16.2 Å². The van der Waals surface area contributed by atoms with Crippen LogP contribution < -0.4 is 5.73 Å². The first kappa shape index (κ1) is 26.3. The lowest BCUT2D eigenvalue weighted by Crippen LogP contribution is -1.88. The van der Waals surface area contributed by atoms with E-state index < -0.39 is 0 Å². The van der Waals surface area contributed by atoms with Gasteiger partial charge in [0.1, 0.15) is 0 Å². The molecule has 3 rings (SSSR count). The van der Waals surface area contributed by atoms with Crippen molar-refractivity contribution >= 4 is 22.4 Å². The van der Waals surface area contributed by atoms with Crippen molar-refractivity contribution in [3.63, 3.8) is 0 Å². The second-order valence-electron chi connectivity index (χ2n) is 7.97. The Balaban J connectivity index is 0.000000254. The van der Waals surface area contributed by atoms with Crippen LogP contribution in [-0.4, -0.2) is 0 Å². The Bertz CT molecular complexity index is 996. The zero-order chi connectivity index (χ0) is 23.4. The third kappa shape index (κ3) is 10.8. The van der Waals surface area contributed by atoms with Gasteiger partial charge in [0.25, 0.3) is 0 Å². The maximum Gasteiger partial charge on any atom is 0.0343 e. The summed E-state index contributed by atoms with van der Waals surface area (Å²) in [6.07, 6.45) is 0. The van der Waals surface area contributed by atoms with Crippen LogP contribution in [0.5, 0.6) is 0 Å². The number of hydrogen-bond acceptors (Lipinski definition) is 2. The third-order valence-electron chi connectivity index (χ3n) is 4.69. The zero-order valence-electron chi connectivity index (χ0n) is 20.1. The minimum atomic E-state index is 0.876. The highest BCUT2D eigenvalue weighted by Crippen LogP contribution is 2.33. The predicted octanol–water partition coefficient (Wildman–Crippen LogP) is 8.89. The molecule has 0 heterocycles. The largest absolute Gasteiger partial charge is 0.399 e. The molecule has 0 spiro atoms. The molecule has 0 amide bonds. The van der Waals surface area contributed by atoms with Gasteiger partial charge in [0.2, 0.25) is 0 Å². The van der Waals surface area contributed by atoms with Gasteiger partial charge in [0, 0.05) is 10.6 Å². The number of benzene rings is 3. The topological polar surface area (TPSA) is 26.0 Å². The maximum absolute atomic E-state index is 5.59. The number of thioether (sulfide) groups is 1. The number of anilines is 1. The van der Waals surface area contributed by atoms with Gasteiger partial charge in [-0.1, -0.05) is 107 Å². The summed E-state index contributed by atoms with van der Waals surface area (Å²) >= 11 is 1.75. The normalized spacial score (nSPS) is 9.52. The molecule has 164 valence electrons. The number of nitrogens with two attached hydrogens (primary N) is 1. The van der Waals surface area contributed by atoms with Gasteiger partial charge in [-0.2, -0.15) is 0 Å². The zero-order valence-corrected chi connectivity index (χ0v) is 20.9. The molecule has 0 unspecified atom stereocenters. The lowest BCUT2D eigenvalue weighted by Gasteiger charge is -2.08. The molecule has 0 aliphatic carbocycles. The fourth-order valence-electron chi connectivity index (χ4n) is 2.52. The fraction of sp³-hybridized carbons (Fsp3) is 0.241. The minimum absolute atomic E-state index is 0.876. The predicted molar refractivity (Wildman–Crippen MR) is 143 cm³/mol. The molecule has 0 saturated carbocycles. The lowest BCUT2D eigenvalue weighted by atomic mass is 10.1. The summed E-state index contributed by atoms with van der Waals surface area (Å²) in [7, 11) is 0. The summed E-state index contributed by atoms with van der Waals surface area (Å²) in [6.45, 7) is 18.8. The summed E-state index contributed by atoms with van der Waals surface area (Å²) in [5.74, 6) is 0. The monoisotopic (exact) mass is 431 g/mol. The maximum atomic E-state index is 5.59. The van der Waals surface area contributed by atoms with Gasteiger partial charge in [-0.3, -0.25) is 0 Å². The van der Waals surface area contributed by atoms with Crippen molar-refractivity contribution in [2.45, 2.75) is 48.5 Å². The van der Waals surface area contributed by atoms with Gasteiger partial charge >= 0.3 is 0 Å². The van der Waals surface area contributed by atoms with Crippen molar-refractivity contribution in [2.75, 3.05) is 5.73 Å². The van der Waals surface area contributed by atoms with Gasteiger partial charge in [0.15, 0.2) is 0 Å². The van der Waals surface area contributed by atoms with Crippen LogP contribution >= 0.6 is 11.8 Å². The van der Waals surface area contributed by atoms with E-state index >= 15 is 0 Å². The van der Waals surface area contributed by atoms with E-state index in [4.69, 9.17) is 5.73 Å². The third-order valence-corrected chi connectivity index (χ3v) is 5.88. The Kier molecular flexibility index (Phi) is 11.5. The Morgan fingerprint density at radius 1 is 0.710 bits per heavy atom. The molecule has 0 bridgehead atoms. The minimum Gasteiger partial charge on any atom is -0.399 e. The van der Waals surface area contributed by atoms with Crippen LogP contribution in [0, 0.1) is 27.7 Å². The molecule has 0 saturated heterocycles. The van der Waals surface area contributed by atoms with Crippen LogP contribution in [0.25, 0.3) is 4.91 Å². The molecule has 0 atom stereocenters. The fourth-order valence-corrected chi connectivity index (χ4v) is 3.34. The summed E-state index contributed by atoms with van der Waals surface area (Å²) in [6, 6.07) is 24.8. The molecule has 2 N–H and O–H groups in total. The highest BCUT2D eigenvalue weighted by Gasteiger charge is 2.02. The van der Waals surface area contributed by atoms with Crippen LogP contribution in [0.1, 0.15) is 48.6 Å². The molecular weight excluding hydrogens is 394 g/mol. The molecule has 0 fully saturated rings. The Labute approximate surface area is 194 Å². The number of rotatable bonds is 3. The van der Waals surface area contributed by atoms with Crippen LogP contribution in [0.4, 0.5) is 5.69 Å². The molecule has 2 heteroatoms. The van der Waals surface area contributed by atoms with Crippen LogP contribution in [0.2, 0.25) is 0 Å². The summed E-state index contributed by atoms with van der Waals surface area (Å²) in [5.41, 5.74) is 14.1. The SMILES string of the molecule is C=C(SC(C)=C(C)C)c1cccc(C)c1.Cc1ccc(N)c(C)c1.Cc1ccccc1. The van der Waals surface area contributed by atoms with Gasteiger partial charge in [-0.25, -0.2) is 0 Å². The van der Waals surface area contributed by atoms with E-state index in [1.54, 1.807) is 11.8 Å². The van der Waals surface area contributed by atoms with E-state index in [9.17, 15) is 0 Å². The molecular formula is C29H37NS. The van der Waals surface area contributed by atoms with Crippen molar-refractivity contribution in [3.05, 3.63) is 118 Å². The van der Waals surface area contributed by atoms with Crippen molar-refractivity contribution < 1.29 is 0 Å². The van der Waals surface area contributed by atoms with Crippen molar-refractivity contribution in [1.29, 1.82) is 0 Å². The summed E-state index contributed by atoms with van der Waals surface area (Å²) < 4.78 is 0. The van der Waals surface area contributed by atoms with Gasteiger partial charge < -0.3 is 5.73 Å². The van der Waals surface area contributed by atoms with E-state index in [1.165, 1.54) is 32.7 Å². The molecule has 3 aromatic rings. The quantitative estimate of drug-likeness (QED) is 0.419. The number of nitrogen functional groups attached to an aromatic ring is 1. The summed E-state index contributed by atoms with van der Waals surface area (Å²) in [4.78, 5) is 2.46. The Hall–Kier alpha value is -2.71. The van der Waals surface area contributed by atoms with E-state index in [0.29, 0.717) is 0 Å². The average Bonchev–Trinajstić information content (AvgIpc) is 2.72. The Morgan fingerprint density at radius 2 is 1.29 bits per heavy atom. The molecule has 31 heavy (non-hydrogen) atoms. The van der Waals surface area contributed by atoms with E-state index in [-0.39, 0.29) is 0 Å².